The largest absolute Gasteiger partial charge is 0.506 e. The molecule has 0 bridgehead atoms. The maximum Gasteiger partial charge on any atom is 0.296 e. The zero-order chi connectivity index (χ0) is 24.0. The third-order valence-corrected chi connectivity index (χ3v) is 5.86. The Kier molecular flexibility index (Phi) is 5.48. The number of hydrogen-bond acceptors (Lipinski definition) is 11. The lowest BCUT2D eigenvalue weighted by molar-refractivity contribution is -0.384. The summed E-state index contributed by atoms with van der Waals surface area (Å²) in [5.74, 6) is -1.51. The molecule has 14 nitrogen and oxygen atoms in total. The van der Waals surface area contributed by atoms with Crippen LogP contribution in [-0.2, 0) is 20.2 Å². The first-order valence-corrected chi connectivity index (χ1v) is 11.0. The molecular weight excluding hydrogens is 472 g/mol. The zero-order valence-corrected chi connectivity index (χ0v) is 17.1. The number of nitro benzene ring substituents is 1. The number of phenolic OH excluding ortho intramolecular Hbond substituents is 2. The van der Waals surface area contributed by atoms with Crippen molar-refractivity contribution in [2.24, 2.45) is 10.2 Å². The van der Waals surface area contributed by atoms with Gasteiger partial charge in [-0.15, -0.1) is 10.2 Å². The smallest absolute Gasteiger partial charge is 0.296 e. The van der Waals surface area contributed by atoms with Crippen molar-refractivity contribution >= 4 is 53.8 Å². The first kappa shape index (κ1) is 22.8. The van der Waals surface area contributed by atoms with Crippen LogP contribution in [0.2, 0.25) is 0 Å². The Labute approximate surface area is 178 Å². The molecule has 0 aliphatic rings. The van der Waals surface area contributed by atoms with E-state index in [1.165, 1.54) is 0 Å². The van der Waals surface area contributed by atoms with Crippen LogP contribution in [0.4, 0.5) is 22.7 Å². The Bertz CT molecular complexity index is 1530. The third kappa shape index (κ3) is 4.28. The number of aromatic hydroxyl groups is 2. The second-order valence-corrected chi connectivity index (χ2v) is 9.07. The molecule has 0 radical (unpaired) electrons. The van der Waals surface area contributed by atoms with Gasteiger partial charge in [-0.3, -0.25) is 19.2 Å². The lowest BCUT2D eigenvalue weighted by Gasteiger charge is -2.12. The first-order chi connectivity index (χ1) is 14.7. The van der Waals surface area contributed by atoms with Gasteiger partial charge >= 0.3 is 0 Å². The summed E-state index contributed by atoms with van der Waals surface area (Å²) in [6, 6.07) is 5.03. The van der Waals surface area contributed by atoms with Crippen LogP contribution in [0.3, 0.4) is 0 Å². The number of non-ortho nitro benzene ring substituents is 1. The highest BCUT2D eigenvalue weighted by molar-refractivity contribution is 7.86. The molecule has 0 unspecified atom stereocenters. The van der Waals surface area contributed by atoms with Gasteiger partial charge in [0.25, 0.3) is 25.9 Å². The van der Waals surface area contributed by atoms with E-state index < -0.39 is 69.2 Å². The van der Waals surface area contributed by atoms with Crippen molar-refractivity contribution in [3.8, 4) is 11.5 Å². The van der Waals surface area contributed by atoms with E-state index in [2.05, 4.69) is 10.2 Å². The van der Waals surface area contributed by atoms with Crippen molar-refractivity contribution in [2.75, 3.05) is 5.73 Å². The monoisotopic (exact) mass is 484 g/mol. The summed E-state index contributed by atoms with van der Waals surface area (Å²) in [5.41, 5.74) is 3.54. The SMILES string of the molecule is Nc1cc(S(=O)(=O)O)cc2cc(S(=O)(=O)O)c(N=Nc3cc([N+](=O)[O-])ccc3O)c(O)c12. The number of nitrogens with two attached hydrogens (primary N) is 1. The fourth-order valence-corrected chi connectivity index (χ4v) is 3.95. The predicted octanol–water partition coefficient (Wildman–Crippen LogP) is 2.65. The fourth-order valence-electron chi connectivity index (χ4n) is 2.74. The van der Waals surface area contributed by atoms with E-state index in [4.69, 9.17) is 5.73 Å². The topological polar surface area (TPSA) is 243 Å². The molecule has 0 spiro atoms. The molecule has 0 saturated heterocycles. The molecule has 0 atom stereocenters. The molecule has 3 aromatic rings. The number of azo groups is 1. The van der Waals surface area contributed by atoms with Gasteiger partial charge < -0.3 is 15.9 Å². The van der Waals surface area contributed by atoms with Crippen LogP contribution >= 0.6 is 0 Å². The zero-order valence-electron chi connectivity index (χ0n) is 15.4. The Morgan fingerprint density at radius 2 is 1.59 bits per heavy atom. The highest BCUT2D eigenvalue weighted by Crippen LogP contribution is 2.44. The maximum absolute atomic E-state index is 11.8. The number of rotatable bonds is 5. The minimum absolute atomic E-state index is 0.290. The van der Waals surface area contributed by atoms with Crippen LogP contribution in [-0.4, -0.2) is 41.1 Å². The van der Waals surface area contributed by atoms with Crippen LogP contribution in [0, 0.1) is 10.1 Å². The summed E-state index contributed by atoms with van der Waals surface area (Å²) >= 11 is 0. The molecule has 0 aromatic heterocycles. The van der Waals surface area contributed by atoms with Gasteiger partial charge in [0.1, 0.15) is 22.0 Å². The maximum atomic E-state index is 11.8. The number of phenols is 2. The minimum atomic E-state index is -5.08. The number of nitrogens with zero attached hydrogens (tertiary/aromatic N) is 3. The highest BCUT2D eigenvalue weighted by Gasteiger charge is 2.25. The van der Waals surface area contributed by atoms with E-state index >= 15 is 0 Å². The Morgan fingerprint density at radius 1 is 0.938 bits per heavy atom. The second-order valence-electron chi connectivity index (χ2n) is 6.26. The van der Waals surface area contributed by atoms with Gasteiger partial charge in [-0.05, 0) is 29.7 Å². The molecular formula is C16H12N4O10S2. The average molecular weight is 484 g/mol. The summed E-state index contributed by atoms with van der Waals surface area (Å²) in [7, 11) is -9.83. The number of nitrogen functional groups attached to an aromatic ring is 1. The average Bonchev–Trinajstić information content (AvgIpc) is 2.66. The Hall–Kier alpha value is -3.86. The molecule has 0 amide bonds. The molecule has 3 aromatic carbocycles. The summed E-state index contributed by atoms with van der Waals surface area (Å²) in [5, 5.41) is 37.7. The molecule has 0 aliphatic carbocycles. The van der Waals surface area contributed by atoms with Crippen molar-refractivity contribution in [1.82, 2.24) is 0 Å². The first-order valence-electron chi connectivity index (χ1n) is 8.13. The minimum Gasteiger partial charge on any atom is -0.506 e. The van der Waals surface area contributed by atoms with Crippen LogP contribution in [0.5, 0.6) is 11.5 Å². The van der Waals surface area contributed by atoms with Gasteiger partial charge in [-0.2, -0.15) is 16.8 Å². The molecule has 6 N–H and O–H groups in total. The summed E-state index contributed by atoms with van der Waals surface area (Å²) in [4.78, 5) is 8.36. The third-order valence-electron chi connectivity index (χ3n) is 4.16. The van der Waals surface area contributed by atoms with Crippen LogP contribution in [0.25, 0.3) is 10.8 Å². The molecule has 16 heteroatoms. The van der Waals surface area contributed by atoms with Gasteiger partial charge in [0.2, 0.25) is 0 Å². The lowest BCUT2D eigenvalue weighted by Crippen LogP contribution is -2.02. The number of benzene rings is 3. The molecule has 168 valence electrons. The number of fused-ring (bicyclic) bond motifs is 1. The molecule has 0 heterocycles. The van der Waals surface area contributed by atoms with E-state index in [0.717, 1.165) is 36.4 Å². The van der Waals surface area contributed by atoms with E-state index in [9.17, 15) is 46.3 Å². The number of nitro groups is 1. The van der Waals surface area contributed by atoms with Gasteiger partial charge in [-0.25, -0.2) is 0 Å². The standard InChI is InChI=1S/C16H12N4O10S2/c17-10-6-9(31(25,26)27)3-7-4-13(32(28,29)30)15(16(22)14(7)10)19-18-11-5-8(20(23)24)1-2-12(11)21/h1-6,21-22H,17H2,(H,25,26,27)(H,28,29,30). The van der Waals surface area contributed by atoms with Crippen molar-refractivity contribution in [3.63, 3.8) is 0 Å². The van der Waals surface area contributed by atoms with Gasteiger partial charge in [0.05, 0.1) is 9.82 Å². The summed E-state index contributed by atoms with van der Waals surface area (Å²) in [6.45, 7) is 0. The second kappa shape index (κ2) is 7.68. The molecule has 0 fully saturated rings. The van der Waals surface area contributed by atoms with E-state index in [1.807, 2.05) is 0 Å². The van der Waals surface area contributed by atoms with Crippen molar-refractivity contribution < 1.29 is 41.1 Å². The molecule has 3 rings (SSSR count). The molecule has 32 heavy (non-hydrogen) atoms. The molecule has 0 saturated carbocycles. The van der Waals surface area contributed by atoms with E-state index in [1.54, 1.807) is 0 Å². The normalized spacial score (nSPS) is 12.4. The summed E-state index contributed by atoms with van der Waals surface area (Å²) < 4.78 is 65.2. The van der Waals surface area contributed by atoms with Gasteiger partial charge in [0, 0.05) is 23.2 Å². The van der Waals surface area contributed by atoms with Gasteiger partial charge in [-0.1, -0.05) is 0 Å². The van der Waals surface area contributed by atoms with Crippen LogP contribution < -0.4 is 5.73 Å². The fraction of sp³-hybridized carbons (Fsp3) is 0. The number of anilines is 1. The van der Waals surface area contributed by atoms with Crippen LogP contribution in [0.15, 0.2) is 56.4 Å². The quantitative estimate of drug-likeness (QED) is 0.116. The van der Waals surface area contributed by atoms with Crippen molar-refractivity contribution in [2.45, 2.75) is 9.79 Å². The highest BCUT2D eigenvalue weighted by atomic mass is 32.2. The van der Waals surface area contributed by atoms with E-state index in [0.29, 0.717) is 0 Å². The van der Waals surface area contributed by atoms with Gasteiger partial charge in [0.15, 0.2) is 5.75 Å². The Balaban J connectivity index is 2.33. The predicted molar refractivity (Wildman–Crippen MR) is 109 cm³/mol. The molecule has 0 aliphatic heterocycles. The van der Waals surface area contributed by atoms with Crippen LogP contribution in [0.1, 0.15) is 0 Å². The van der Waals surface area contributed by atoms with E-state index in [-0.39, 0.29) is 10.8 Å². The van der Waals surface area contributed by atoms with Crippen molar-refractivity contribution in [1.29, 1.82) is 0 Å². The number of hydrogen-bond donors (Lipinski definition) is 5. The van der Waals surface area contributed by atoms with Crippen molar-refractivity contribution in [3.05, 3.63) is 46.5 Å². The lowest BCUT2D eigenvalue weighted by atomic mass is 10.1. The summed E-state index contributed by atoms with van der Waals surface area (Å²) in [6.07, 6.45) is 0. The Morgan fingerprint density at radius 3 is 2.16 bits per heavy atom.